The number of nitrogens with one attached hydrogen (secondary N) is 2. The maximum atomic E-state index is 11.3. The first-order valence-corrected chi connectivity index (χ1v) is 4.55. The molecule has 0 bridgehead atoms. The molecule has 2 fully saturated rings. The van der Waals surface area contributed by atoms with Crippen molar-refractivity contribution in [1.29, 1.82) is 0 Å². The quantitative estimate of drug-likeness (QED) is 0.401. The first kappa shape index (κ1) is 9.63. The van der Waals surface area contributed by atoms with Gasteiger partial charge in [0.25, 0.3) is 0 Å². The van der Waals surface area contributed by atoms with Crippen LogP contribution in [0.25, 0.3) is 0 Å². The second-order valence-electron chi connectivity index (χ2n) is 3.43. The van der Waals surface area contributed by atoms with Crippen molar-refractivity contribution >= 4 is 23.8 Å². The van der Waals surface area contributed by atoms with Crippen LogP contribution in [0.1, 0.15) is 12.8 Å². The average molecular weight is 211 g/mol. The molecule has 0 aromatic carbocycles. The minimum absolute atomic E-state index is 0.107. The Morgan fingerprint density at radius 2 is 1.93 bits per heavy atom. The van der Waals surface area contributed by atoms with Crippen LogP contribution < -0.4 is 10.6 Å². The number of hydrogen-bond acceptors (Lipinski definition) is 4. The van der Waals surface area contributed by atoms with Gasteiger partial charge in [0.15, 0.2) is 0 Å². The third kappa shape index (κ3) is 1.56. The summed E-state index contributed by atoms with van der Waals surface area (Å²) in [4.78, 5) is 45.2. The summed E-state index contributed by atoms with van der Waals surface area (Å²) in [5.74, 6) is -1.86. The van der Waals surface area contributed by atoms with E-state index in [9.17, 15) is 19.2 Å². The Balaban J connectivity index is 2.10. The van der Waals surface area contributed by atoms with Gasteiger partial charge in [-0.3, -0.25) is 24.6 Å². The van der Waals surface area contributed by atoms with Crippen molar-refractivity contribution < 1.29 is 19.2 Å². The number of piperidine rings is 1. The highest BCUT2D eigenvalue weighted by Crippen LogP contribution is 2.14. The number of imide groups is 2. The molecule has 2 saturated heterocycles. The van der Waals surface area contributed by atoms with Gasteiger partial charge in [-0.25, -0.2) is 4.79 Å². The van der Waals surface area contributed by atoms with Crippen molar-refractivity contribution in [3.8, 4) is 0 Å². The van der Waals surface area contributed by atoms with Crippen molar-refractivity contribution in [2.24, 2.45) is 0 Å². The minimum atomic E-state index is -0.906. The number of amides is 5. The molecule has 5 amide bonds. The lowest BCUT2D eigenvalue weighted by molar-refractivity contribution is -0.141. The topological polar surface area (TPSA) is 95.6 Å². The van der Waals surface area contributed by atoms with E-state index in [-0.39, 0.29) is 18.9 Å². The molecule has 1 unspecified atom stereocenters. The fourth-order valence-corrected chi connectivity index (χ4v) is 1.68. The van der Waals surface area contributed by atoms with Gasteiger partial charge in [-0.2, -0.15) is 0 Å². The molecule has 80 valence electrons. The zero-order valence-corrected chi connectivity index (χ0v) is 7.78. The molecule has 7 heteroatoms. The Hall–Kier alpha value is -1.92. The van der Waals surface area contributed by atoms with E-state index in [1.807, 2.05) is 5.32 Å². The van der Waals surface area contributed by atoms with Crippen molar-refractivity contribution in [1.82, 2.24) is 15.5 Å². The van der Waals surface area contributed by atoms with Gasteiger partial charge < -0.3 is 5.32 Å². The van der Waals surface area contributed by atoms with Gasteiger partial charge in [-0.05, 0) is 6.42 Å². The summed E-state index contributed by atoms with van der Waals surface area (Å²) >= 11 is 0. The third-order valence-electron chi connectivity index (χ3n) is 2.46. The summed E-state index contributed by atoms with van der Waals surface area (Å²) < 4.78 is 0. The van der Waals surface area contributed by atoms with E-state index in [0.717, 1.165) is 4.90 Å². The lowest BCUT2D eigenvalue weighted by atomic mass is 10.1. The molecule has 1 atom stereocenters. The van der Waals surface area contributed by atoms with Crippen molar-refractivity contribution in [2.75, 3.05) is 6.54 Å². The van der Waals surface area contributed by atoms with Crippen LogP contribution in [0.4, 0.5) is 4.79 Å². The average Bonchev–Trinajstić information content (AvgIpc) is 2.44. The number of hydrogen-bond donors (Lipinski definition) is 2. The van der Waals surface area contributed by atoms with Gasteiger partial charge in [0.1, 0.15) is 0 Å². The molecule has 0 spiro atoms. The van der Waals surface area contributed by atoms with Gasteiger partial charge >= 0.3 is 17.8 Å². The molecule has 0 radical (unpaired) electrons. The molecule has 0 saturated carbocycles. The minimum Gasteiger partial charge on any atom is -0.354 e. The first-order valence-electron chi connectivity index (χ1n) is 4.55. The SMILES string of the molecule is O=C1CCC(N2C(=O)NC(=O)C2=O)CN1. The number of rotatable bonds is 1. The summed E-state index contributed by atoms with van der Waals surface area (Å²) in [5, 5.41) is 4.45. The molecule has 2 N–H and O–H groups in total. The van der Waals surface area contributed by atoms with Crippen molar-refractivity contribution in [3.63, 3.8) is 0 Å². The Labute approximate surface area is 84.8 Å². The number of nitrogens with zero attached hydrogens (tertiary/aromatic N) is 1. The Morgan fingerprint density at radius 1 is 1.20 bits per heavy atom. The van der Waals surface area contributed by atoms with E-state index in [2.05, 4.69) is 5.32 Å². The van der Waals surface area contributed by atoms with Gasteiger partial charge in [0, 0.05) is 13.0 Å². The monoisotopic (exact) mass is 211 g/mol. The summed E-state index contributed by atoms with van der Waals surface area (Å²) in [7, 11) is 0. The first-order chi connectivity index (χ1) is 7.09. The predicted octanol–water partition coefficient (Wildman–Crippen LogP) is -1.66. The van der Waals surface area contributed by atoms with Crippen LogP contribution in [-0.4, -0.2) is 41.2 Å². The van der Waals surface area contributed by atoms with E-state index >= 15 is 0 Å². The predicted molar refractivity (Wildman–Crippen MR) is 46.4 cm³/mol. The Bertz CT molecular complexity index is 355. The molecule has 15 heavy (non-hydrogen) atoms. The Kier molecular flexibility index (Phi) is 2.14. The molecule has 2 heterocycles. The second-order valence-corrected chi connectivity index (χ2v) is 3.43. The fraction of sp³-hybridized carbons (Fsp3) is 0.500. The second kappa shape index (κ2) is 3.34. The largest absolute Gasteiger partial charge is 0.354 e. The van der Waals surface area contributed by atoms with Gasteiger partial charge in [-0.15, -0.1) is 0 Å². The summed E-state index contributed by atoms with van der Waals surface area (Å²) in [6, 6.07) is -1.12. The standard InChI is InChI=1S/C8H9N3O4/c12-5-2-1-4(3-9-5)11-7(14)6(13)10-8(11)15/h4H,1-3H2,(H,9,12)(H,10,13,15). The lowest BCUT2D eigenvalue weighted by Gasteiger charge is -2.27. The van der Waals surface area contributed by atoms with Crippen LogP contribution in [-0.2, 0) is 14.4 Å². The van der Waals surface area contributed by atoms with Crippen LogP contribution in [0.2, 0.25) is 0 Å². The molecule has 2 aliphatic heterocycles. The highest BCUT2D eigenvalue weighted by atomic mass is 16.2. The molecule has 7 nitrogen and oxygen atoms in total. The Morgan fingerprint density at radius 3 is 2.40 bits per heavy atom. The molecule has 0 aromatic rings. The molecular weight excluding hydrogens is 202 g/mol. The molecular formula is C8H9N3O4. The molecule has 2 aliphatic rings. The normalized spacial score (nSPS) is 26.7. The number of carbonyl (C=O) groups is 4. The van der Waals surface area contributed by atoms with Crippen LogP contribution >= 0.6 is 0 Å². The fourth-order valence-electron chi connectivity index (χ4n) is 1.68. The summed E-state index contributed by atoms with van der Waals surface area (Å²) in [5.41, 5.74) is 0. The highest BCUT2D eigenvalue weighted by Gasteiger charge is 2.42. The number of urea groups is 1. The lowest BCUT2D eigenvalue weighted by Crippen LogP contribution is -2.50. The van der Waals surface area contributed by atoms with E-state index in [4.69, 9.17) is 0 Å². The summed E-state index contributed by atoms with van der Waals surface area (Å²) in [6.07, 6.45) is 0.661. The molecule has 2 rings (SSSR count). The zero-order chi connectivity index (χ0) is 11.0. The highest BCUT2D eigenvalue weighted by molar-refractivity contribution is 6.44. The van der Waals surface area contributed by atoms with E-state index in [1.165, 1.54) is 0 Å². The maximum absolute atomic E-state index is 11.3. The van der Waals surface area contributed by atoms with Crippen LogP contribution in [0, 0.1) is 0 Å². The van der Waals surface area contributed by atoms with Gasteiger partial charge in [-0.1, -0.05) is 0 Å². The molecule has 0 aromatic heterocycles. The van der Waals surface area contributed by atoms with Crippen molar-refractivity contribution in [2.45, 2.75) is 18.9 Å². The van der Waals surface area contributed by atoms with Crippen molar-refractivity contribution in [3.05, 3.63) is 0 Å². The van der Waals surface area contributed by atoms with Crippen LogP contribution in [0.5, 0.6) is 0 Å². The number of carbonyl (C=O) groups excluding carboxylic acids is 4. The van der Waals surface area contributed by atoms with Crippen LogP contribution in [0.15, 0.2) is 0 Å². The summed E-state index contributed by atoms with van der Waals surface area (Å²) in [6.45, 7) is 0.214. The zero-order valence-electron chi connectivity index (χ0n) is 7.78. The smallest absolute Gasteiger partial charge is 0.331 e. The van der Waals surface area contributed by atoms with E-state index < -0.39 is 23.9 Å². The van der Waals surface area contributed by atoms with Crippen LogP contribution in [0.3, 0.4) is 0 Å². The maximum Gasteiger partial charge on any atom is 0.331 e. The van der Waals surface area contributed by atoms with E-state index in [0.29, 0.717) is 6.42 Å². The van der Waals surface area contributed by atoms with Gasteiger partial charge in [0.05, 0.1) is 6.04 Å². The van der Waals surface area contributed by atoms with E-state index in [1.54, 1.807) is 0 Å². The third-order valence-corrected chi connectivity index (χ3v) is 2.46. The van der Waals surface area contributed by atoms with Gasteiger partial charge in [0.2, 0.25) is 5.91 Å². The molecule has 0 aliphatic carbocycles.